The van der Waals surface area contributed by atoms with Gasteiger partial charge in [-0.1, -0.05) is 12.2 Å². The van der Waals surface area contributed by atoms with E-state index in [9.17, 15) is 9.59 Å². The standard InChI is InChI=1S/C9H14N2O2/c1-3-5-9(6-4-2,7(10)12)8(11)13/h3-4H,1-2,5-6H2,(H2,10,12)(H2,11,13). The molecule has 0 aromatic rings. The minimum Gasteiger partial charge on any atom is -0.369 e. The largest absolute Gasteiger partial charge is 0.369 e. The van der Waals surface area contributed by atoms with Gasteiger partial charge in [0.05, 0.1) is 0 Å². The molecule has 4 N–H and O–H groups in total. The smallest absolute Gasteiger partial charge is 0.233 e. The molecule has 0 aliphatic heterocycles. The highest BCUT2D eigenvalue weighted by Gasteiger charge is 2.40. The first kappa shape index (κ1) is 11.4. The third-order valence-corrected chi connectivity index (χ3v) is 1.93. The first-order chi connectivity index (χ1) is 6.01. The van der Waals surface area contributed by atoms with Crippen molar-refractivity contribution in [1.82, 2.24) is 0 Å². The lowest BCUT2D eigenvalue weighted by Crippen LogP contribution is -2.47. The van der Waals surface area contributed by atoms with E-state index in [1.165, 1.54) is 12.2 Å². The number of primary amides is 2. The molecule has 0 aliphatic rings. The van der Waals surface area contributed by atoms with Crippen molar-refractivity contribution in [2.75, 3.05) is 0 Å². The Labute approximate surface area is 77.3 Å². The molecule has 2 amide bonds. The third kappa shape index (κ3) is 2.18. The maximum Gasteiger partial charge on any atom is 0.233 e. The minimum absolute atomic E-state index is 0.143. The van der Waals surface area contributed by atoms with Crippen LogP contribution in [0.5, 0.6) is 0 Å². The fourth-order valence-electron chi connectivity index (χ4n) is 1.10. The van der Waals surface area contributed by atoms with Crippen LogP contribution < -0.4 is 11.5 Å². The number of hydrogen-bond donors (Lipinski definition) is 2. The molecule has 4 heteroatoms. The predicted molar refractivity (Wildman–Crippen MR) is 50.4 cm³/mol. The summed E-state index contributed by atoms with van der Waals surface area (Å²) in [5.41, 5.74) is 8.86. The van der Waals surface area contributed by atoms with Crippen LogP contribution in [-0.2, 0) is 9.59 Å². The van der Waals surface area contributed by atoms with Crippen LogP contribution >= 0.6 is 0 Å². The molecule has 0 saturated heterocycles. The van der Waals surface area contributed by atoms with Crippen LogP contribution in [0, 0.1) is 5.41 Å². The van der Waals surface area contributed by atoms with Gasteiger partial charge in [-0.2, -0.15) is 0 Å². The van der Waals surface area contributed by atoms with E-state index >= 15 is 0 Å². The van der Waals surface area contributed by atoms with Crippen molar-refractivity contribution in [1.29, 1.82) is 0 Å². The molecular formula is C9H14N2O2. The van der Waals surface area contributed by atoms with Gasteiger partial charge in [0.1, 0.15) is 5.41 Å². The highest BCUT2D eigenvalue weighted by Crippen LogP contribution is 2.26. The van der Waals surface area contributed by atoms with E-state index in [0.29, 0.717) is 0 Å². The van der Waals surface area contributed by atoms with Crippen LogP contribution in [0.15, 0.2) is 25.3 Å². The molecule has 0 spiro atoms. The molecular weight excluding hydrogens is 168 g/mol. The monoisotopic (exact) mass is 182 g/mol. The maximum atomic E-state index is 11.1. The number of carbonyl (C=O) groups is 2. The first-order valence-electron chi connectivity index (χ1n) is 3.83. The van der Waals surface area contributed by atoms with Crippen molar-refractivity contribution in [3.63, 3.8) is 0 Å². The van der Waals surface area contributed by atoms with Gasteiger partial charge in [-0.3, -0.25) is 9.59 Å². The van der Waals surface area contributed by atoms with Crippen molar-refractivity contribution in [2.45, 2.75) is 12.8 Å². The fourth-order valence-corrected chi connectivity index (χ4v) is 1.10. The van der Waals surface area contributed by atoms with Crippen molar-refractivity contribution in [2.24, 2.45) is 16.9 Å². The zero-order valence-electron chi connectivity index (χ0n) is 7.45. The number of hydrogen-bond acceptors (Lipinski definition) is 2. The molecule has 0 radical (unpaired) electrons. The molecule has 0 rings (SSSR count). The van der Waals surface area contributed by atoms with Crippen LogP contribution in [0.3, 0.4) is 0 Å². The Morgan fingerprint density at radius 3 is 1.54 bits per heavy atom. The van der Waals surface area contributed by atoms with Gasteiger partial charge in [0.25, 0.3) is 0 Å². The summed E-state index contributed by atoms with van der Waals surface area (Å²) < 4.78 is 0. The number of carbonyl (C=O) groups excluding carboxylic acids is 2. The highest BCUT2D eigenvalue weighted by atomic mass is 16.2. The average molecular weight is 182 g/mol. The first-order valence-corrected chi connectivity index (χ1v) is 3.83. The van der Waals surface area contributed by atoms with Gasteiger partial charge in [-0.05, 0) is 12.8 Å². The van der Waals surface area contributed by atoms with Gasteiger partial charge in [-0.15, -0.1) is 13.2 Å². The Morgan fingerprint density at radius 1 is 1.08 bits per heavy atom. The summed E-state index contributed by atoms with van der Waals surface area (Å²) in [4.78, 5) is 22.1. The van der Waals surface area contributed by atoms with E-state index in [2.05, 4.69) is 13.2 Å². The quantitative estimate of drug-likeness (QED) is 0.450. The number of rotatable bonds is 6. The average Bonchev–Trinajstić information content (AvgIpc) is 2.03. The van der Waals surface area contributed by atoms with Gasteiger partial charge >= 0.3 is 0 Å². The van der Waals surface area contributed by atoms with Crippen molar-refractivity contribution >= 4 is 11.8 Å². The van der Waals surface area contributed by atoms with Gasteiger partial charge in [0, 0.05) is 0 Å². The Bertz CT molecular complexity index is 220. The number of nitrogens with two attached hydrogens (primary N) is 2. The van der Waals surface area contributed by atoms with E-state index in [4.69, 9.17) is 11.5 Å². The molecule has 0 bridgehead atoms. The molecule has 0 fully saturated rings. The Morgan fingerprint density at radius 2 is 1.38 bits per heavy atom. The van der Waals surface area contributed by atoms with Crippen LogP contribution in [0.1, 0.15) is 12.8 Å². The summed E-state index contributed by atoms with van der Waals surface area (Å²) in [6, 6.07) is 0. The lowest BCUT2D eigenvalue weighted by atomic mass is 9.79. The van der Waals surface area contributed by atoms with E-state index < -0.39 is 17.2 Å². The van der Waals surface area contributed by atoms with Crippen LogP contribution in [0.2, 0.25) is 0 Å². The van der Waals surface area contributed by atoms with Crippen LogP contribution in [0.25, 0.3) is 0 Å². The zero-order chi connectivity index (χ0) is 10.5. The summed E-state index contributed by atoms with van der Waals surface area (Å²) in [5.74, 6) is -1.47. The molecule has 0 heterocycles. The minimum atomic E-state index is -1.36. The second kappa shape index (κ2) is 4.45. The molecule has 0 saturated carbocycles. The Kier molecular flexibility index (Phi) is 3.91. The molecule has 0 unspecified atom stereocenters. The van der Waals surface area contributed by atoms with Crippen molar-refractivity contribution in [3.8, 4) is 0 Å². The van der Waals surface area contributed by atoms with E-state index in [-0.39, 0.29) is 12.8 Å². The number of allylic oxidation sites excluding steroid dienone is 2. The zero-order valence-corrected chi connectivity index (χ0v) is 7.45. The topological polar surface area (TPSA) is 86.2 Å². The second-order valence-electron chi connectivity index (χ2n) is 2.80. The number of amides is 2. The summed E-state index contributed by atoms with van der Waals surface area (Å²) >= 11 is 0. The molecule has 13 heavy (non-hydrogen) atoms. The summed E-state index contributed by atoms with van der Waals surface area (Å²) in [5, 5.41) is 0. The molecule has 0 aliphatic carbocycles. The molecule has 4 nitrogen and oxygen atoms in total. The third-order valence-electron chi connectivity index (χ3n) is 1.93. The fraction of sp³-hybridized carbons (Fsp3) is 0.333. The highest BCUT2D eigenvalue weighted by molar-refractivity contribution is 6.04. The Balaban J connectivity index is 5.02. The van der Waals surface area contributed by atoms with Gasteiger partial charge in [0.2, 0.25) is 11.8 Å². The molecule has 0 aromatic carbocycles. The lowest BCUT2D eigenvalue weighted by molar-refractivity contribution is -0.139. The van der Waals surface area contributed by atoms with E-state index in [0.717, 1.165) is 0 Å². The molecule has 0 atom stereocenters. The van der Waals surface area contributed by atoms with Crippen molar-refractivity contribution in [3.05, 3.63) is 25.3 Å². The van der Waals surface area contributed by atoms with E-state index in [1.54, 1.807) is 0 Å². The van der Waals surface area contributed by atoms with E-state index in [1.807, 2.05) is 0 Å². The van der Waals surface area contributed by atoms with Crippen LogP contribution in [-0.4, -0.2) is 11.8 Å². The summed E-state index contributed by atoms with van der Waals surface area (Å²) in [7, 11) is 0. The second-order valence-corrected chi connectivity index (χ2v) is 2.80. The van der Waals surface area contributed by atoms with Crippen molar-refractivity contribution < 1.29 is 9.59 Å². The van der Waals surface area contributed by atoms with Gasteiger partial charge in [0.15, 0.2) is 0 Å². The normalized spacial score (nSPS) is 10.5. The Hall–Kier alpha value is -1.58. The van der Waals surface area contributed by atoms with Gasteiger partial charge < -0.3 is 11.5 Å². The van der Waals surface area contributed by atoms with Gasteiger partial charge in [-0.25, -0.2) is 0 Å². The maximum absolute atomic E-state index is 11.1. The van der Waals surface area contributed by atoms with Crippen LogP contribution in [0.4, 0.5) is 0 Å². The molecule has 0 aromatic heterocycles. The summed E-state index contributed by atoms with van der Waals surface area (Å²) in [6.45, 7) is 6.89. The molecule has 72 valence electrons. The summed E-state index contributed by atoms with van der Waals surface area (Å²) in [6.07, 6.45) is 3.17. The SMILES string of the molecule is C=CCC(CC=C)(C(N)=O)C(N)=O. The predicted octanol–water partition coefficient (Wildman–Crippen LogP) is 0.0956. The lowest BCUT2D eigenvalue weighted by Gasteiger charge is -2.23.